The van der Waals surface area contributed by atoms with Gasteiger partial charge < -0.3 is 5.73 Å². The van der Waals surface area contributed by atoms with E-state index in [9.17, 15) is 0 Å². The third-order valence-corrected chi connectivity index (χ3v) is 4.62. The van der Waals surface area contributed by atoms with Crippen molar-refractivity contribution in [3.8, 4) is 0 Å². The Balaban J connectivity index is 2.79. The molecule has 1 nitrogen and oxygen atoms in total. The lowest BCUT2D eigenvalue weighted by Crippen LogP contribution is -1.96. The van der Waals surface area contributed by atoms with Crippen molar-refractivity contribution in [1.82, 2.24) is 0 Å². The van der Waals surface area contributed by atoms with E-state index in [0.717, 1.165) is 6.42 Å². The van der Waals surface area contributed by atoms with Gasteiger partial charge in [-0.15, -0.1) is 11.3 Å². The minimum Gasteiger partial charge on any atom is -0.326 e. The average Bonchev–Trinajstić information content (AvgIpc) is 2.57. The number of halogens is 1. The number of hydrogen-bond acceptors (Lipinski definition) is 2. The van der Waals surface area contributed by atoms with Crippen LogP contribution in [0.2, 0.25) is 0 Å². The first-order valence-electron chi connectivity index (χ1n) is 4.66. The molecule has 1 aromatic carbocycles. The largest absolute Gasteiger partial charge is 0.326 e. The monoisotopic (exact) mass is 269 g/mol. The average molecular weight is 270 g/mol. The molecule has 1 aromatic heterocycles. The molecule has 2 aromatic rings. The quantitative estimate of drug-likeness (QED) is 0.885. The van der Waals surface area contributed by atoms with E-state index in [1.54, 1.807) is 11.3 Å². The number of fused-ring (bicyclic) bond motifs is 1. The van der Waals surface area contributed by atoms with Crippen LogP contribution in [0.3, 0.4) is 0 Å². The number of hydrogen-bond donors (Lipinski definition) is 1. The van der Waals surface area contributed by atoms with Gasteiger partial charge >= 0.3 is 0 Å². The van der Waals surface area contributed by atoms with E-state index in [0.29, 0.717) is 6.54 Å². The number of thiophene rings is 1. The van der Waals surface area contributed by atoms with Crippen LogP contribution in [0.4, 0.5) is 0 Å². The molecule has 0 fully saturated rings. The highest BCUT2D eigenvalue weighted by Crippen LogP contribution is 2.36. The Kier molecular flexibility index (Phi) is 2.91. The number of rotatable bonds is 2. The molecule has 14 heavy (non-hydrogen) atoms. The fraction of sp³-hybridized carbons (Fsp3) is 0.273. The second-order valence-electron chi connectivity index (χ2n) is 3.18. The first-order chi connectivity index (χ1) is 6.77. The maximum atomic E-state index is 5.74. The van der Waals surface area contributed by atoms with Gasteiger partial charge in [0.1, 0.15) is 0 Å². The molecule has 0 spiro atoms. The summed E-state index contributed by atoms with van der Waals surface area (Å²) in [4.78, 5) is 1.31. The summed E-state index contributed by atoms with van der Waals surface area (Å²) in [5.41, 5.74) is 7.15. The van der Waals surface area contributed by atoms with Gasteiger partial charge in [0.05, 0.1) is 0 Å². The van der Waals surface area contributed by atoms with Crippen LogP contribution < -0.4 is 5.73 Å². The van der Waals surface area contributed by atoms with E-state index in [-0.39, 0.29) is 0 Å². The second-order valence-corrected chi connectivity index (χ2v) is 5.14. The summed E-state index contributed by atoms with van der Waals surface area (Å²) in [7, 11) is 0. The predicted molar refractivity (Wildman–Crippen MR) is 66.8 cm³/mol. The van der Waals surface area contributed by atoms with Gasteiger partial charge in [0.2, 0.25) is 0 Å². The van der Waals surface area contributed by atoms with Gasteiger partial charge in [0.15, 0.2) is 0 Å². The van der Waals surface area contributed by atoms with Gasteiger partial charge in [-0.1, -0.05) is 19.1 Å². The van der Waals surface area contributed by atoms with Crippen molar-refractivity contribution in [2.45, 2.75) is 19.9 Å². The van der Waals surface area contributed by atoms with Crippen molar-refractivity contribution >= 4 is 37.4 Å². The van der Waals surface area contributed by atoms with E-state index in [2.05, 4.69) is 41.1 Å². The number of nitrogens with two attached hydrogens (primary N) is 1. The minimum atomic E-state index is 0.648. The van der Waals surface area contributed by atoms with E-state index in [1.807, 2.05) is 0 Å². The molecule has 0 amide bonds. The smallest absolute Gasteiger partial charge is 0.0491 e. The van der Waals surface area contributed by atoms with Crippen molar-refractivity contribution in [2.75, 3.05) is 0 Å². The first kappa shape index (κ1) is 10.1. The molecule has 0 unspecified atom stereocenters. The van der Waals surface area contributed by atoms with Crippen LogP contribution in [-0.4, -0.2) is 0 Å². The van der Waals surface area contributed by atoms with Gasteiger partial charge in [-0.2, -0.15) is 0 Å². The standard InChI is InChI=1S/C11H12BrNS/c1-2-7-8-4-3-5-9(12)11(8)14-10(7)6-13/h3-5H,2,6,13H2,1H3. The van der Waals surface area contributed by atoms with E-state index in [1.165, 1.54) is 25.0 Å². The van der Waals surface area contributed by atoms with Crippen LogP contribution in [-0.2, 0) is 13.0 Å². The molecule has 0 aliphatic carbocycles. The Morgan fingerprint density at radius 2 is 2.21 bits per heavy atom. The lowest BCUT2D eigenvalue weighted by molar-refractivity contribution is 1.05. The lowest BCUT2D eigenvalue weighted by Gasteiger charge is -1.97. The fourth-order valence-electron chi connectivity index (χ4n) is 1.74. The highest BCUT2D eigenvalue weighted by molar-refractivity contribution is 9.10. The summed E-state index contributed by atoms with van der Waals surface area (Å²) in [6.07, 6.45) is 1.06. The van der Waals surface area contributed by atoms with Crippen molar-refractivity contribution < 1.29 is 0 Å². The number of aryl methyl sites for hydroxylation is 1. The third kappa shape index (κ3) is 1.49. The van der Waals surface area contributed by atoms with Gasteiger partial charge in [-0.05, 0) is 39.4 Å². The number of benzene rings is 1. The van der Waals surface area contributed by atoms with E-state index >= 15 is 0 Å². The van der Waals surface area contributed by atoms with Crippen molar-refractivity contribution in [3.63, 3.8) is 0 Å². The molecule has 2 rings (SSSR count). The maximum absolute atomic E-state index is 5.74. The van der Waals surface area contributed by atoms with Crippen LogP contribution in [0.25, 0.3) is 10.1 Å². The molecule has 0 saturated carbocycles. The molecule has 2 N–H and O–H groups in total. The second kappa shape index (κ2) is 4.01. The summed E-state index contributed by atoms with van der Waals surface area (Å²) in [5.74, 6) is 0. The SMILES string of the molecule is CCc1c(CN)sc2c(Br)cccc12. The minimum absolute atomic E-state index is 0.648. The molecule has 1 heterocycles. The molecule has 74 valence electrons. The summed E-state index contributed by atoms with van der Waals surface area (Å²) < 4.78 is 2.50. The Hall–Kier alpha value is -0.380. The van der Waals surface area contributed by atoms with Gasteiger partial charge in [-0.3, -0.25) is 0 Å². The Morgan fingerprint density at radius 1 is 1.43 bits per heavy atom. The van der Waals surface area contributed by atoms with E-state index < -0.39 is 0 Å². The van der Waals surface area contributed by atoms with Crippen LogP contribution in [0.15, 0.2) is 22.7 Å². The molecular weight excluding hydrogens is 258 g/mol. The summed E-state index contributed by atoms with van der Waals surface area (Å²) in [6, 6.07) is 6.34. The molecule has 0 aliphatic heterocycles. The molecule has 0 atom stereocenters. The van der Waals surface area contributed by atoms with Crippen LogP contribution in [0.5, 0.6) is 0 Å². The highest BCUT2D eigenvalue weighted by Gasteiger charge is 2.10. The zero-order valence-corrected chi connectivity index (χ0v) is 10.4. The van der Waals surface area contributed by atoms with Gasteiger partial charge in [0, 0.05) is 20.6 Å². The predicted octanol–water partition coefficient (Wildman–Crippen LogP) is 3.68. The summed E-state index contributed by atoms with van der Waals surface area (Å²) in [5, 5.41) is 1.35. The van der Waals surface area contributed by atoms with E-state index in [4.69, 9.17) is 5.73 Å². The molecular formula is C11H12BrNS. The zero-order valence-electron chi connectivity index (χ0n) is 8.01. The lowest BCUT2D eigenvalue weighted by atomic mass is 10.1. The molecule has 0 bridgehead atoms. The summed E-state index contributed by atoms with van der Waals surface area (Å²) in [6.45, 7) is 2.83. The normalized spacial score (nSPS) is 11.1. The first-order valence-corrected chi connectivity index (χ1v) is 6.27. The molecule has 3 heteroatoms. The molecule has 0 radical (unpaired) electrons. The van der Waals surface area contributed by atoms with Crippen LogP contribution in [0.1, 0.15) is 17.4 Å². The topological polar surface area (TPSA) is 26.0 Å². The Bertz CT molecular complexity index is 462. The van der Waals surface area contributed by atoms with Crippen molar-refractivity contribution in [2.24, 2.45) is 5.73 Å². The van der Waals surface area contributed by atoms with Crippen LogP contribution >= 0.6 is 27.3 Å². The van der Waals surface area contributed by atoms with Crippen molar-refractivity contribution in [1.29, 1.82) is 0 Å². The third-order valence-electron chi connectivity index (χ3n) is 2.39. The Morgan fingerprint density at radius 3 is 2.86 bits per heavy atom. The molecule has 0 saturated heterocycles. The molecule has 0 aliphatic rings. The zero-order chi connectivity index (χ0) is 10.1. The summed E-state index contributed by atoms with van der Waals surface area (Å²) >= 11 is 5.38. The Labute approximate surface area is 96.1 Å². The van der Waals surface area contributed by atoms with Gasteiger partial charge in [-0.25, -0.2) is 0 Å². The fourth-order valence-corrected chi connectivity index (χ4v) is 3.52. The van der Waals surface area contributed by atoms with Gasteiger partial charge in [0.25, 0.3) is 0 Å². The van der Waals surface area contributed by atoms with Crippen LogP contribution in [0, 0.1) is 0 Å². The maximum Gasteiger partial charge on any atom is 0.0491 e. The van der Waals surface area contributed by atoms with Crippen molar-refractivity contribution in [3.05, 3.63) is 33.1 Å². The highest BCUT2D eigenvalue weighted by atomic mass is 79.9.